The van der Waals surface area contributed by atoms with Crippen molar-refractivity contribution in [2.75, 3.05) is 7.11 Å². The molecular formula is C16H17N3O3. The number of carbonyl (C=O) groups excluding carboxylic acids is 1. The van der Waals surface area contributed by atoms with Gasteiger partial charge in [0, 0.05) is 36.8 Å². The number of imidazole rings is 1. The molecule has 3 rings (SSSR count). The summed E-state index contributed by atoms with van der Waals surface area (Å²) < 4.78 is 8.21. The second-order valence-electron chi connectivity index (χ2n) is 5.17. The predicted molar refractivity (Wildman–Crippen MR) is 81.5 cm³/mol. The number of ether oxygens (including phenoxy) is 1. The van der Waals surface area contributed by atoms with E-state index in [4.69, 9.17) is 4.74 Å². The molecule has 0 aliphatic heterocycles. The van der Waals surface area contributed by atoms with Gasteiger partial charge in [-0.15, -0.1) is 0 Å². The van der Waals surface area contributed by atoms with E-state index in [1.807, 2.05) is 42.1 Å². The first kappa shape index (κ1) is 14.3. The van der Waals surface area contributed by atoms with Crippen LogP contribution in [0.3, 0.4) is 0 Å². The molecule has 0 amide bonds. The van der Waals surface area contributed by atoms with Gasteiger partial charge in [-0.2, -0.15) is 0 Å². The number of benzene rings is 1. The molecule has 0 saturated heterocycles. The Kier molecular flexibility index (Phi) is 3.46. The van der Waals surface area contributed by atoms with E-state index in [2.05, 4.69) is 4.98 Å². The van der Waals surface area contributed by atoms with Crippen molar-refractivity contribution in [3.8, 4) is 0 Å². The summed E-state index contributed by atoms with van der Waals surface area (Å²) in [6, 6.07) is 7.83. The van der Waals surface area contributed by atoms with Gasteiger partial charge in [0.2, 0.25) is 0 Å². The van der Waals surface area contributed by atoms with Gasteiger partial charge in [0.05, 0.1) is 13.3 Å². The fourth-order valence-corrected chi connectivity index (χ4v) is 2.70. The van der Waals surface area contributed by atoms with Crippen LogP contribution in [0.4, 0.5) is 0 Å². The number of hydrogen-bond donors (Lipinski definition) is 1. The van der Waals surface area contributed by atoms with Gasteiger partial charge in [0.25, 0.3) is 0 Å². The molecule has 2 aromatic heterocycles. The van der Waals surface area contributed by atoms with Gasteiger partial charge in [-0.05, 0) is 6.07 Å². The molecule has 114 valence electrons. The Morgan fingerprint density at radius 3 is 2.77 bits per heavy atom. The van der Waals surface area contributed by atoms with Crippen LogP contribution in [0.25, 0.3) is 10.9 Å². The lowest BCUT2D eigenvalue weighted by atomic mass is 10.1. The van der Waals surface area contributed by atoms with Crippen molar-refractivity contribution in [3.05, 3.63) is 53.7 Å². The van der Waals surface area contributed by atoms with Crippen LogP contribution in [0.5, 0.6) is 0 Å². The minimum absolute atomic E-state index is 0.303. The highest BCUT2D eigenvalue weighted by molar-refractivity contribution is 5.87. The molecule has 1 aromatic carbocycles. The van der Waals surface area contributed by atoms with Gasteiger partial charge >= 0.3 is 5.97 Å². The van der Waals surface area contributed by atoms with E-state index in [9.17, 15) is 9.90 Å². The number of para-hydroxylation sites is 1. The van der Waals surface area contributed by atoms with Gasteiger partial charge in [-0.3, -0.25) is 0 Å². The second kappa shape index (κ2) is 5.31. The Labute approximate surface area is 127 Å². The molecule has 6 nitrogen and oxygen atoms in total. The number of aliphatic hydroxyl groups is 1. The number of nitrogens with zero attached hydrogens (tertiary/aromatic N) is 3. The summed E-state index contributed by atoms with van der Waals surface area (Å²) in [6.45, 7) is 0. The van der Waals surface area contributed by atoms with Crippen molar-refractivity contribution in [3.63, 3.8) is 0 Å². The van der Waals surface area contributed by atoms with E-state index in [1.165, 1.54) is 13.3 Å². The number of aromatic nitrogens is 3. The smallest absolute Gasteiger partial charge is 0.356 e. The van der Waals surface area contributed by atoms with Crippen LogP contribution in [0.1, 0.15) is 28.0 Å². The number of aryl methyl sites for hydroxylation is 1. The Balaban J connectivity index is 2.09. The number of carbonyl (C=O) groups is 1. The van der Waals surface area contributed by atoms with Crippen molar-refractivity contribution in [2.24, 2.45) is 14.1 Å². The van der Waals surface area contributed by atoms with E-state index >= 15 is 0 Å². The number of fused-ring (bicyclic) bond motifs is 1. The highest BCUT2D eigenvalue weighted by Crippen LogP contribution is 2.29. The number of rotatable bonds is 3. The molecule has 1 N–H and O–H groups in total. The quantitative estimate of drug-likeness (QED) is 0.749. The van der Waals surface area contributed by atoms with Crippen LogP contribution in [0, 0.1) is 0 Å². The van der Waals surface area contributed by atoms with Crippen molar-refractivity contribution < 1.29 is 14.6 Å². The predicted octanol–water partition coefficient (Wildman–Crippen LogP) is 1.78. The van der Waals surface area contributed by atoms with Gasteiger partial charge in [-0.1, -0.05) is 18.2 Å². The number of aliphatic hydroxyl groups excluding tert-OH is 1. The highest BCUT2D eigenvalue weighted by atomic mass is 16.5. The molecule has 22 heavy (non-hydrogen) atoms. The molecule has 0 aliphatic rings. The van der Waals surface area contributed by atoms with Crippen LogP contribution < -0.4 is 0 Å². The van der Waals surface area contributed by atoms with Crippen molar-refractivity contribution in [1.82, 2.24) is 14.1 Å². The van der Waals surface area contributed by atoms with Crippen LogP contribution in [-0.2, 0) is 18.8 Å². The molecule has 0 fully saturated rings. The molecule has 0 bridgehead atoms. The standard InChI is InChI=1S/C16H17N3O3/c1-18-9-11(10-6-4-5-7-12(10)18)14(20)15-17-8-13(19(15)2)16(21)22-3/h4-9,14,20H,1-3H3. The maximum Gasteiger partial charge on any atom is 0.356 e. The van der Waals surface area contributed by atoms with Gasteiger partial charge in [0.1, 0.15) is 17.6 Å². The summed E-state index contributed by atoms with van der Waals surface area (Å²) in [5.41, 5.74) is 2.08. The third-order valence-electron chi connectivity index (χ3n) is 3.89. The van der Waals surface area contributed by atoms with Gasteiger partial charge in [0.15, 0.2) is 0 Å². The number of esters is 1. The fraction of sp³-hybridized carbons (Fsp3) is 0.250. The monoisotopic (exact) mass is 299 g/mol. The molecule has 6 heteroatoms. The zero-order valence-corrected chi connectivity index (χ0v) is 12.6. The third kappa shape index (κ3) is 2.08. The maximum absolute atomic E-state index is 11.7. The average molecular weight is 299 g/mol. The molecule has 0 aliphatic carbocycles. The lowest BCUT2D eigenvalue weighted by Crippen LogP contribution is -2.12. The third-order valence-corrected chi connectivity index (χ3v) is 3.89. The summed E-state index contributed by atoms with van der Waals surface area (Å²) in [4.78, 5) is 15.8. The van der Waals surface area contributed by atoms with E-state index in [-0.39, 0.29) is 0 Å². The first-order valence-electron chi connectivity index (χ1n) is 6.86. The molecular weight excluding hydrogens is 282 g/mol. The SMILES string of the molecule is COC(=O)c1cnc(C(O)c2cn(C)c3ccccc23)n1C. The summed E-state index contributed by atoms with van der Waals surface area (Å²) in [7, 11) is 4.93. The molecule has 3 aromatic rings. The Morgan fingerprint density at radius 2 is 2.05 bits per heavy atom. The Bertz CT molecular complexity index is 848. The van der Waals surface area contributed by atoms with Crippen molar-refractivity contribution >= 4 is 16.9 Å². The summed E-state index contributed by atoms with van der Waals surface area (Å²) >= 11 is 0. The normalized spacial score (nSPS) is 12.5. The highest BCUT2D eigenvalue weighted by Gasteiger charge is 2.23. The van der Waals surface area contributed by atoms with Crippen LogP contribution in [0.15, 0.2) is 36.7 Å². The van der Waals surface area contributed by atoms with Crippen molar-refractivity contribution in [1.29, 1.82) is 0 Å². The van der Waals surface area contributed by atoms with E-state index in [1.54, 1.807) is 11.6 Å². The molecule has 1 unspecified atom stereocenters. The largest absolute Gasteiger partial charge is 0.464 e. The lowest BCUT2D eigenvalue weighted by molar-refractivity contribution is 0.0589. The molecule has 0 saturated carbocycles. The number of hydrogen-bond acceptors (Lipinski definition) is 4. The average Bonchev–Trinajstić information content (AvgIpc) is 3.07. The first-order chi connectivity index (χ1) is 10.5. The zero-order chi connectivity index (χ0) is 15.9. The number of methoxy groups -OCH3 is 1. The maximum atomic E-state index is 11.7. The van der Waals surface area contributed by atoms with Crippen molar-refractivity contribution in [2.45, 2.75) is 6.10 Å². The van der Waals surface area contributed by atoms with Gasteiger partial charge < -0.3 is 19.0 Å². The topological polar surface area (TPSA) is 69.3 Å². The summed E-state index contributed by atoms with van der Waals surface area (Å²) in [6.07, 6.45) is 2.37. The first-order valence-corrected chi connectivity index (χ1v) is 6.86. The lowest BCUT2D eigenvalue weighted by Gasteiger charge is -2.11. The molecule has 0 spiro atoms. The fourth-order valence-electron chi connectivity index (χ4n) is 2.70. The Morgan fingerprint density at radius 1 is 1.32 bits per heavy atom. The molecule has 1 atom stereocenters. The summed E-state index contributed by atoms with van der Waals surface area (Å²) in [5, 5.41) is 11.7. The summed E-state index contributed by atoms with van der Waals surface area (Å²) in [5.74, 6) is -0.0804. The molecule has 0 radical (unpaired) electrons. The second-order valence-corrected chi connectivity index (χ2v) is 5.17. The van der Waals surface area contributed by atoms with E-state index in [0.717, 1.165) is 16.5 Å². The Hall–Kier alpha value is -2.60. The molecule has 2 heterocycles. The van der Waals surface area contributed by atoms with E-state index in [0.29, 0.717) is 11.5 Å². The van der Waals surface area contributed by atoms with E-state index < -0.39 is 12.1 Å². The van der Waals surface area contributed by atoms with Crippen LogP contribution in [-0.4, -0.2) is 32.3 Å². The van der Waals surface area contributed by atoms with Crippen LogP contribution in [0.2, 0.25) is 0 Å². The zero-order valence-electron chi connectivity index (χ0n) is 12.6. The minimum atomic E-state index is -0.922. The van der Waals surface area contributed by atoms with Gasteiger partial charge in [-0.25, -0.2) is 9.78 Å². The van der Waals surface area contributed by atoms with Crippen LogP contribution >= 0.6 is 0 Å². The minimum Gasteiger partial charge on any atom is -0.464 e.